The first-order valence-electron chi connectivity index (χ1n) is 7.97. The van der Waals surface area contributed by atoms with Crippen molar-refractivity contribution in [3.05, 3.63) is 18.1 Å². The van der Waals surface area contributed by atoms with Gasteiger partial charge in [0.1, 0.15) is 6.33 Å². The van der Waals surface area contributed by atoms with E-state index in [4.69, 9.17) is 4.74 Å². The van der Waals surface area contributed by atoms with E-state index in [9.17, 15) is 4.79 Å². The van der Waals surface area contributed by atoms with E-state index in [1.165, 1.54) is 0 Å². The molecule has 3 rings (SSSR count). The van der Waals surface area contributed by atoms with E-state index in [0.717, 1.165) is 30.1 Å². The van der Waals surface area contributed by atoms with Crippen molar-refractivity contribution in [2.45, 2.75) is 26.7 Å². The van der Waals surface area contributed by atoms with Crippen LogP contribution in [0, 0.1) is 0 Å². The van der Waals surface area contributed by atoms with E-state index in [1.54, 1.807) is 15.7 Å². The Labute approximate surface area is 135 Å². The molecule has 124 valence electrons. The summed E-state index contributed by atoms with van der Waals surface area (Å²) in [7, 11) is 0. The van der Waals surface area contributed by atoms with Crippen LogP contribution in [0.15, 0.2) is 12.4 Å². The lowest BCUT2D eigenvalue weighted by molar-refractivity contribution is 0.105. The summed E-state index contributed by atoms with van der Waals surface area (Å²) in [5, 5.41) is 12.7. The number of anilines is 1. The number of hydrogen-bond acceptors (Lipinski definition) is 6. The predicted molar refractivity (Wildman–Crippen MR) is 85.7 cm³/mol. The van der Waals surface area contributed by atoms with Crippen molar-refractivity contribution >= 4 is 17.4 Å². The molecule has 0 atom stereocenters. The lowest BCUT2D eigenvalue weighted by Gasteiger charge is -2.35. The van der Waals surface area contributed by atoms with Gasteiger partial charge in [-0.2, -0.15) is 9.61 Å². The van der Waals surface area contributed by atoms with Gasteiger partial charge in [-0.3, -0.25) is 0 Å². The van der Waals surface area contributed by atoms with Crippen LogP contribution in [0.2, 0.25) is 0 Å². The number of amides is 1. The average Bonchev–Trinajstić information content (AvgIpc) is 3.02. The van der Waals surface area contributed by atoms with Gasteiger partial charge in [0, 0.05) is 26.2 Å². The van der Waals surface area contributed by atoms with Crippen molar-refractivity contribution in [3.63, 3.8) is 0 Å². The summed E-state index contributed by atoms with van der Waals surface area (Å²) in [6.07, 6.45) is 1.39. The van der Waals surface area contributed by atoms with Crippen LogP contribution in [-0.2, 0) is 4.74 Å². The molecular formula is C15H22N6O2. The van der Waals surface area contributed by atoms with Gasteiger partial charge in [-0.1, -0.05) is 13.8 Å². The lowest BCUT2D eigenvalue weighted by atomic mass is 10.1. The summed E-state index contributed by atoms with van der Waals surface area (Å²) in [4.78, 5) is 15.8. The van der Waals surface area contributed by atoms with E-state index < -0.39 is 0 Å². The molecule has 1 aliphatic heterocycles. The normalized spacial score (nSPS) is 15.5. The van der Waals surface area contributed by atoms with Gasteiger partial charge in [-0.05, 0) is 18.9 Å². The molecule has 0 unspecified atom stereocenters. The number of ether oxygens (including phenoxy) is 1. The molecular weight excluding hydrogens is 296 g/mol. The Morgan fingerprint density at radius 2 is 2.04 bits per heavy atom. The third kappa shape index (κ3) is 3.06. The topological polar surface area (TPSA) is 75.9 Å². The quantitative estimate of drug-likeness (QED) is 0.854. The Kier molecular flexibility index (Phi) is 4.31. The highest BCUT2D eigenvalue weighted by Gasteiger charge is 2.24. The van der Waals surface area contributed by atoms with Gasteiger partial charge in [0.05, 0.1) is 18.0 Å². The van der Waals surface area contributed by atoms with Gasteiger partial charge >= 0.3 is 6.09 Å². The zero-order valence-electron chi connectivity index (χ0n) is 13.8. The molecule has 0 saturated carbocycles. The zero-order valence-corrected chi connectivity index (χ0v) is 13.8. The standard InChI is InChI=1S/C15H22N6O2/c1-4-23-15(22)20-7-5-19(6-8-20)13-9-12(11(2)3)18-21-10-16-17-14(13)21/h9-11H,4-8H2,1-3H3. The molecule has 0 bridgehead atoms. The predicted octanol–water partition coefficient (Wildman–Crippen LogP) is 1.53. The molecule has 1 fully saturated rings. The molecule has 23 heavy (non-hydrogen) atoms. The van der Waals surface area contributed by atoms with Crippen LogP contribution in [0.5, 0.6) is 0 Å². The van der Waals surface area contributed by atoms with Crippen LogP contribution in [0.4, 0.5) is 10.5 Å². The molecule has 0 spiro atoms. The van der Waals surface area contributed by atoms with Crippen LogP contribution < -0.4 is 4.90 Å². The monoisotopic (exact) mass is 318 g/mol. The molecule has 2 aromatic heterocycles. The number of piperazine rings is 1. The van der Waals surface area contributed by atoms with Crippen molar-refractivity contribution in [1.29, 1.82) is 0 Å². The molecule has 2 aromatic rings. The highest BCUT2D eigenvalue weighted by atomic mass is 16.6. The number of rotatable bonds is 3. The summed E-state index contributed by atoms with van der Waals surface area (Å²) in [5.74, 6) is 0.321. The largest absolute Gasteiger partial charge is 0.450 e. The first-order chi connectivity index (χ1) is 11.1. The third-order valence-electron chi connectivity index (χ3n) is 4.01. The van der Waals surface area contributed by atoms with E-state index in [2.05, 4.69) is 40.1 Å². The second-order valence-corrected chi connectivity index (χ2v) is 5.88. The third-order valence-corrected chi connectivity index (χ3v) is 4.01. The summed E-state index contributed by atoms with van der Waals surface area (Å²) in [6, 6.07) is 2.08. The summed E-state index contributed by atoms with van der Waals surface area (Å²) >= 11 is 0. The summed E-state index contributed by atoms with van der Waals surface area (Å²) < 4.78 is 6.79. The molecule has 8 nitrogen and oxygen atoms in total. The van der Waals surface area contributed by atoms with Crippen LogP contribution in [0.3, 0.4) is 0 Å². The van der Waals surface area contributed by atoms with Crippen molar-refractivity contribution in [2.24, 2.45) is 0 Å². The maximum atomic E-state index is 11.8. The van der Waals surface area contributed by atoms with Crippen molar-refractivity contribution in [2.75, 3.05) is 37.7 Å². The van der Waals surface area contributed by atoms with Gasteiger partial charge in [-0.15, -0.1) is 10.2 Å². The molecule has 0 aromatic carbocycles. The second kappa shape index (κ2) is 6.39. The van der Waals surface area contributed by atoms with Gasteiger partial charge in [0.25, 0.3) is 0 Å². The smallest absolute Gasteiger partial charge is 0.409 e. The van der Waals surface area contributed by atoms with Crippen molar-refractivity contribution < 1.29 is 9.53 Å². The molecule has 1 aliphatic rings. The van der Waals surface area contributed by atoms with Crippen LogP contribution in [0.25, 0.3) is 5.65 Å². The molecule has 0 radical (unpaired) electrons. The Morgan fingerprint density at radius 3 is 2.70 bits per heavy atom. The number of carbonyl (C=O) groups is 1. The molecule has 1 amide bonds. The number of carbonyl (C=O) groups excluding carboxylic acids is 1. The van der Waals surface area contributed by atoms with E-state index >= 15 is 0 Å². The minimum atomic E-state index is -0.239. The SMILES string of the molecule is CCOC(=O)N1CCN(c2cc(C(C)C)nn3cnnc23)CC1. The Balaban J connectivity index is 1.81. The maximum absolute atomic E-state index is 11.8. The van der Waals surface area contributed by atoms with Gasteiger partial charge in [0.2, 0.25) is 5.65 Å². The summed E-state index contributed by atoms with van der Waals surface area (Å²) in [6.45, 7) is 9.20. The molecule has 0 aliphatic carbocycles. The minimum absolute atomic E-state index is 0.239. The zero-order chi connectivity index (χ0) is 16.4. The fourth-order valence-corrected chi connectivity index (χ4v) is 2.69. The van der Waals surface area contributed by atoms with E-state index in [-0.39, 0.29) is 6.09 Å². The molecule has 3 heterocycles. The highest BCUT2D eigenvalue weighted by molar-refractivity contribution is 5.71. The number of nitrogens with zero attached hydrogens (tertiary/aromatic N) is 6. The van der Waals surface area contributed by atoms with Crippen LogP contribution in [-0.4, -0.2) is 63.6 Å². The Bertz CT molecular complexity index is 690. The van der Waals surface area contributed by atoms with Crippen molar-refractivity contribution in [1.82, 2.24) is 24.7 Å². The van der Waals surface area contributed by atoms with Crippen LogP contribution >= 0.6 is 0 Å². The minimum Gasteiger partial charge on any atom is -0.450 e. The molecule has 8 heteroatoms. The van der Waals surface area contributed by atoms with Gasteiger partial charge in [-0.25, -0.2) is 4.79 Å². The highest BCUT2D eigenvalue weighted by Crippen LogP contribution is 2.25. The number of hydrogen-bond donors (Lipinski definition) is 0. The van der Waals surface area contributed by atoms with Crippen molar-refractivity contribution in [3.8, 4) is 0 Å². The van der Waals surface area contributed by atoms with E-state index in [0.29, 0.717) is 25.6 Å². The molecule has 1 saturated heterocycles. The number of aromatic nitrogens is 4. The lowest BCUT2D eigenvalue weighted by Crippen LogP contribution is -2.49. The Hall–Kier alpha value is -2.38. The second-order valence-electron chi connectivity index (χ2n) is 5.88. The summed E-state index contributed by atoms with van der Waals surface area (Å²) in [5.41, 5.74) is 2.77. The first kappa shape index (κ1) is 15.5. The fraction of sp³-hybridized carbons (Fsp3) is 0.600. The average molecular weight is 318 g/mol. The molecule has 0 N–H and O–H groups in total. The van der Waals surface area contributed by atoms with Gasteiger partial charge < -0.3 is 14.5 Å². The maximum Gasteiger partial charge on any atom is 0.409 e. The van der Waals surface area contributed by atoms with Crippen LogP contribution in [0.1, 0.15) is 32.4 Å². The fourth-order valence-electron chi connectivity index (χ4n) is 2.69. The van der Waals surface area contributed by atoms with Gasteiger partial charge in [0.15, 0.2) is 0 Å². The first-order valence-corrected chi connectivity index (χ1v) is 7.97. The van der Waals surface area contributed by atoms with E-state index in [1.807, 2.05) is 6.92 Å². The number of fused-ring (bicyclic) bond motifs is 1. The Morgan fingerprint density at radius 1 is 1.30 bits per heavy atom.